The van der Waals surface area contributed by atoms with E-state index in [4.69, 9.17) is 0 Å². The van der Waals surface area contributed by atoms with Gasteiger partial charge in [-0.15, -0.1) is 0 Å². The number of benzene rings is 2. The molecule has 0 spiro atoms. The zero-order valence-corrected chi connectivity index (χ0v) is 22.1. The van der Waals surface area contributed by atoms with Gasteiger partial charge in [0.2, 0.25) is 0 Å². The Kier molecular flexibility index (Phi) is 8.74. The number of anilines is 1. The van der Waals surface area contributed by atoms with E-state index in [0.29, 0.717) is 0 Å². The molecule has 2 aromatic rings. The Morgan fingerprint density at radius 1 is 0.833 bits per heavy atom. The molecule has 2 rings (SSSR count). The van der Waals surface area contributed by atoms with E-state index in [0.717, 1.165) is 22.8 Å². The van der Waals surface area contributed by atoms with E-state index in [1.807, 2.05) is 0 Å². The van der Waals surface area contributed by atoms with Crippen molar-refractivity contribution in [2.45, 2.75) is 9.79 Å². The number of nitrogens with one attached hydrogen (secondary N) is 1. The molecule has 0 unspecified atom stereocenters. The van der Waals surface area contributed by atoms with Crippen LogP contribution in [0, 0.1) is 10.7 Å². The van der Waals surface area contributed by atoms with Gasteiger partial charge in [0.25, 0.3) is 10.0 Å². The largest absolute Gasteiger partial charge is 1.00 e. The summed E-state index contributed by atoms with van der Waals surface area (Å²) >= 11 is 6.24. The van der Waals surface area contributed by atoms with Crippen molar-refractivity contribution in [1.29, 1.82) is 0 Å². The van der Waals surface area contributed by atoms with Crippen LogP contribution in [-0.4, -0.2) is 21.4 Å². The number of sulfonamides is 1. The zero-order chi connectivity index (χ0) is 17.4. The van der Waals surface area contributed by atoms with Crippen molar-refractivity contribution in [3.63, 3.8) is 0 Å². The summed E-state index contributed by atoms with van der Waals surface area (Å²) in [7, 11) is -8.38. The van der Waals surface area contributed by atoms with Crippen LogP contribution in [0.2, 0.25) is 0 Å². The van der Waals surface area contributed by atoms with E-state index >= 15 is 0 Å². The zero-order valence-electron chi connectivity index (χ0n) is 12.0. The van der Waals surface area contributed by atoms with Crippen molar-refractivity contribution >= 4 is 93.6 Å². The van der Waals surface area contributed by atoms with Crippen LogP contribution in [0.15, 0.2) is 46.2 Å². The van der Waals surface area contributed by atoms with Gasteiger partial charge >= 0.3 is 29.6 Å². The standard InChI is InChI=1S/C12H8I3NO5S2.Na/c13-10-5-9(6-11(14)12(10)15)22(17,18)16-7-1-3-8(4-2-7)23(19,20)21;/h1-6,16H,(H,19,20,21);/q;+1/p-1. The molecule has 1 N–H and O–H groups in total. The fraction of sp³-hybridized carbons (Fsp3) is 0. The summed E-state index contributed by atoms with van der Waals surface area (Å²) in [5.41, 5.74) is 0.168. The maximum Gasteiger partial charge on any atom is 1.00 e. The van der Waals surface area contributed by atoms with Crippen LogP contribution in [0.5, 0.6) is 0 Å². The van der Waals surface area contributed by atoms with Gasteiger partial charge in [-0.25, -0.2) is 16.8 Å². The quantitative estimate of drug-likeness (QED) is 0.212. The molecule has 0 radical (unpaired) electrons. The third-order valence-corrected chi connectivity index (χ3v) is 9.80. The van der Waals surface area contributed by atoms with Crippen LogP contribution in [0.3, 0.4) is 0 Å². The maximum atomic E-state index is 12.4. The van der Waals surface area contributed by atoms with Crippen molar-refractivity contribution in [1.82, 2.24) is 0 Å². The van der Waals surface area contributed by atoms with Crippen LogP contribution in [-0.2, 0) is 20.1 Å². The van der Waals surface area contributed by atoms with E-state index in [2.05, 4.69) is 72.5 Å². The summed E-state index contributed by atoms with van der Waals surface area (Å²) in [6, 6.07) is 7.66. The van der Waals surface area contributed by atoms with Crippen molar-refractivity contribution in [3.05, 3.63) is 47.1 Å². The molecule has 12 heteroatoms. The summed E-state index contributed by atoms with van der Waals surface area (Å²) < 4.78 is 62.3. The van der Waals surface area contributed by atoms with E-state index < -0.39 is 25.0 Å². The average Bonchev–Trinajstić information content (AvgIpc) is 2.43. The predicted octanol–water partition coefficient (Wildman–Crippen LogP) is 0.209. The predicted molar refractivity (Wildman–Crippen MR) is 110 cm³/mol. The van der Waals surface area contributed by atoms with Crippen LogP contribution in [0.25, 0.3) is 0 Å². The van der Waals surface area contributed by atoms with Crippen molar-refractivity contribution < 1.29 is 50.9 Å². The number of rotatable bonds is 4. The minimum absolute atomic E-state index is 0. The van der Waals surface area contributed by atoms with Crippen LogP contribution < -0.4 is 34.3 Å². The molecule has 0 saturated carbocycles. The number of hydrogen-bond acceptors (Lipinski definition) is 5. The summed E-state index contributed by atoms with van der Waals surface area (Å²) in [6.45, 7) is 0. The normalized spacial score (nSPS) is 11.7. The topological polar surface area (TPSA) is 103 Å². The molecule has 124 valence electrons. The molecule has 0 heterocycles. The Morgan fingerprint density at radius 2 is 1.29 bits per heavy atom. The van der Waals surface area contributed by atoms with Gasteiger partial charge in [-0.05, 0) is 104 Å². The van der Waals surface area contributed by atoms with E-state index in [9.17, 15) is 21.4 Å². The number of halogens is 3. The van der Waals surface area contributed by atoms with Crippen LogP contribution in [0.1, 0.15) is 0 Å². The first-order valence-corrected chi connectivity index (χ1v) is 11.9. The van der Waals surface area contributed by atoms with Gasteiger partial charge in [0.05, 0.1) is 9.79 Å². The molecule has 0 aliphatic heterocycles. The fourth-order valence-electron chi connectivity index (χ4n) is 1.59. The molecule has 24 heavy (non-hydrogen) atoms. The summed E-state index contributed by atoms with van der Waals surface area (Å²) in [4.78, 5) is -0.314. The molecule has 0 saturated heterocycles. The summed E-state index contributed by atoms with van der Waals surface area (Å²) in [5, 5.41) is 0. The van der Waals surface area contributed by atoms with E-state index in [1.54, 1.807) is 12.1 Å². The van der Waals surface area contributed by atoms with Gasteiger partial charge in [-0.2, -0.15) is 0 Å². The third-order valence-electron chi connectivity index (χ3n) is 2.66. The molecular formula is C12H7I3NNaO5S2. The van der Waals surface area contributed by atoms with Gasteiger partial charge in [0.15, 0.2) is 0 Å². The SMILES string of the molecule is O=S(=O)([O-])c1ccc(NS(=O)(=O)c2cc(I)c(I)c(I)c2)cc1.[Na+]. The minimum Gasteiger partial charge on any atom is -0.744 e. The smallest absolute Gasteiger partial charge is 0.744 e. The fourth-order valence-corrected chi connectivity index (χ4v) is 5.67. The first kappa shape index (κ1) is 23.3. The van der Waals surface area contributed by atoms with Gasteiger partial charge in [-0.3, -0.25) is 4.72 Å². The molecule has 0 amide bonds. The Balaban J connectivity index is 0.00000288. The number of hydrogen-bond donors (Lipinski definition) is 1. The van der Waals surface area contributed by atoms with Gasteiger partial charge in [0, 0.05) is 16.4 Å². The molecule has 0 fully saturated rings. The maximum absolute atomic E-state index is 12.4. The van der Waals surface area contributed by atoms with Crippen molar-refractivity contribution in [2.24, 2.45) is 0 Å². The second-order valence-corrected chi connectivity index (χ2v) is 10.8. The first-order chi connectivity index (χ1) is 10.5. The van der Waals surface area contributed by atoms with Gasteiger partial charge in [0.1, 0.15) is 10.1 Å². The second-order valence-electron chi connectivity index (χ2n) is 4.28. The monoisotopic (exact) mass is 713 g/mol. The first-order valence-electron chi connectivity index (χ1n) is 5.74. The average molecular weight is 713 g/mol. The molecular weight excluding hydrogens is 706 g/mol. The summed E-state index contributed by atoms with van der Waals surface area (Å²) in [6.07, 6.45) is 0. The Bertz CT molecular complexity index is 940. The Labute approximate surface area is 203 Å². The van der Waals surface area contributed by atoms with Gasteiger partial charge in [-0.1, -0.05) is 0 Å². The molecule has 0 aromatic heterocycles. The minimum atomic E-state index is -4.56. The molecule has 0 aliphatic rings. The molecule has 0 atom stereocenters. The third kappa shape index (κ3) is 5.90. The molecule has 0 aliphatic carbocycles. The van der Waals surface area contributed by atoms with Crippen molar-refractivity contribution in [2.75, 3.05) is 4.72 Å². The second kappa shape index (κ2) is 8.99. The Hall–Kier alpha value is 1.29. The van der Waals surface area contributed by atoms with E-state index in [1.165, 1.54) is 12.1 Å². The van der Waals surface area contributed by atoms with Crippen LogP contribution >= 0.6 is 67.8 Å². The Morgan fingerprint density at radius 3 is 1.71 bits per heavy atom. The van der Waals surface area contributed by atoms with Crippen LogP contribution in [0.4, 0.5) is 5.69 Å². The molecule has 0 bridgehead atoms. The van der Waals surface area contributed by atoms with Gasteiger partial charge < -0.3 is 4.55 Å². The van der Waals surface area contributed by atoms with Crippen molar-refractivity contribution in [3.8, 4) is 0 Å². The molecule has 6 nitrogen and oxygen atoms in total. The summed E-state index contributed by atoms with van der Waals surface area (Å²) in [5.74, 6) is 0. The molecule has 2 aromatic carbocycles. The van der Waals surface area contributed by atoms with E-state index in [-0.39, 0.29) is 40.1 Å².